The molecule has 0 unspecified atom stereocenters. The van der Waals surface area contributed by atoms with Gasteiger partial charge in [0, 0.05) is 13.6 Å². The minimum atomic E-state index is -4.04. The SMILES string of the molecule is Cc1ccc(CN(C)C(=O)c2c(C)oc(C)c2S(N)(=O)=O)cc1. The highest BCUT2D eigenvalue weighted by Crippen LogP contribution is 2.27. The van der Waals surface area contributed by atoms with Gasteiger partial charge in [-0.3, -0.25) is 4.79 Å². The van der Waals surface area contributed by atoms with E-state index in [1.165, 1.54) is 11.8 Å². The number of nitrogens with two attached hydrogens (primary N) is 1. The van der Waals surface area contributed by atoms with E-state index in [2.05, 4.69) is 0 Å². The van der Waals surface area contributed by atoms with Crippen molar-refractivity contribution in [3.63, 3.8) is 0 Å². The second-order valence-electron chi connectivity index (χ2n) is 5.61. The first-order valence-electron chi connectivity index (χ1n) is 7.05. The van der Waals surface area contributed by atoms with Gasteiger partial charge in [-0.15, -0.1) is 0 Å². The lowest BCUT2D eigenvalue weighted by molar-refractivity contribution is 0.0780. The first-order chi connectivity index (χ1) is 10.6. The zero-order chi connectivity index (χ0) is 17.4. The van der Waals surface area contributed by atoms with Crippen molar-refractivity contribution < 1.29 is 17.6 Å². The lowest BCUT2D eigenvalue weighted by Crippen LogP contribution is -2.28. The summed E-state index contributed by atoms with van der Waals surface area (Å²) in [6.45, 7) is 5.36. The van der Waals surface area contributed by atoms with Gasteiger partial charge in [-0.05, 0) is 26.3 Å². The Balaban J connectivity index is 2.35. The van der Waals surface area contributed by atoms with Gasteiger partial charge < -0.3 is 9.32 Å². The normalized spacial score (nSPS) is 11.5. The number of nitrogens with zero attached hydrogens (tertiary/aromatic N) is 1. The summed E-state index contributed by atoms with van der Waals surface area (Å²) in [6.07, 6.45) is 0. The molecule has 1 aromatic heterocycles. The maximum atomic E-state index is 12.7. The van der Waals surface area contributed by atoms with Crippen molar-refractivity contribution in [1.82, 2.24) is 4.90 Å². The van der Waals surface area contributed by atoms with Crippen molar-refractivity contribution in [2.45, 2.75) is 32.2 Å². The van der Waals surface area contributed by atoms with Crippen LogP contribution in [0.3, 0.4) is 0 Å². The van der Waals surface area contributed by atoms with Crippen LogP contribution >= 0.6 is 0 Å². The van der Waals surface area contributed by atoms with E-state index in [1.807, 2.05) is 31.2 Å². The van der Waals surface area contributed by atoms with Crippen LogP contribution in [0.1, 0.15) is 33.0 Å². The molecule has 0 fully saturated rings. The highest BCUT2D eigenvalue weighted by Gasteiger charge is 2.30. The number of rotatable bonds is 4. The van der Waals surface area contributed by atoms with Gasteiger partial charge in [0.25, 0.3) is 5.91 Å². The Kier molecular flexibility index (Phi) is 4.63. The standard InChI is InChI=1S/C16H20N2O4S/c1-10-5-7-13(8-6-10)9-18(4)16(19)14-11(2)22-12(3)15(14)23(17,20)21/h5-8H,9H2,1-4H3,(H2,17,20,21). The molecule has 0 aliphatic carbocycles. The van der Waals surface area contributed by atoms with Crippen LogP contribution in [0, 0.1) is 20.8 Å². The fraction of sp³-hybridized carbons (Fsp3) is 0.312. The fourth-order valence-electron chi connectivity index (χ4n) is 2.48. The molecule has 0 spiro atoms. The number of carbonyl (C=O) groups excluding carboxylic acids is 1. The van der Waals surface area contributed by atoms with Crippen LogP contribution in [0.15, 0.2) is 33.6 Å². The Labute approximate surface area is 135 Å². The minimum absolute atomic E-state index is 0.000360. The molecule has 2 N–H and O–H groups in total. The number of aryl methyl sites for hydroxylation is 3. The smallest absolute Gasteiger partial charge is 0.258 e. The van der Waals surface area contributed by atoms with E-state index in [0.717, 1.165) is 11.1 Å². The largest absolute Gasteiger partial charge is 0.464 e. The van der Waals surface area contributed by atoms with Gasteiger partial charge >= 0.3 is 0 Å². The van der Waals surface area contributed by atoms with Crippen LogP contribution < -0.4 is 5.14 Å². The number of benzene rings is 1. The summed E-state index contributed by atoms with van der Waals surface area (Å²) in [6, 6.07) is 7.76. The van der Waals surface area contributed by atoms with E-state index in [-0.39, 0.29) is 22.0 Å². The third kappa shape index (κ3) is 3.62. The van der Waals surface area contributed by atoms with Crippen molar-refractivity contribution in [3.05, 3.63) is 52.5 Å². The Morgan fingerprint density at radius 1 is 1.13 bits per heavy atom. The zero-order valence-electron chi connectivity index (χ0n) is 13.6. The average Bonchev–Trinajstić information content (AvgIpc) is 2.75. The highest BCUT2D eigenvalue weighted by molar-refractivity contribution is 7.89. The Hall–Kier alpha value is -2.12. The highest BCUT2D eigenvalue weighted by atomic mass is 32.2. The molecule has 2 rings (SSSR count). The van der Waals surface area contributed by atoms with Gasteiger partial charge in [0.05, 0.1) is 0 Å². The van der Waals surface area contributed by atoms with E-state index in [9.17, 15) is 13.2 Å². The molecule has 124 valence electrons. The van der Waals surface area contributed by atoms with Crippen LogP contribution in [0.4, 0.5) is 0 Å². The molecule has 1 heterocycles. The zero-order valence-corrected chi connectivity index (χ0v) is 14.4. The number of hydrogen-bond donors (Lipinski definition) is 1. The molecule has 7 heteroatoms. The topological polar surface area (TPSA) is 93.6 Å². The quantitative estimate of drug-likeness (QED) is 0.925. The minimum Gasteiger partial charge on any atom is -0.464 e. The molecule has 0 saturated carbocycles. The van der Waals surface area contributed by atoms with E-state index in [0.29, 0.717) is 6.54 Å². The predicted octanol–water partition coefficient (Wildman–Crippen LogP) is 2.12. The molecule has 0 aliphatic heterocycles. The molecule has 23 heavy (non-hydrogen) atoms. The Morgan fingerprint density at radius 2 is 1.70 bits per heavy atom. The molecule has 1 aromatic carbocycles. The van der Waals surface area contributed by atoms with Gasteiger partial charge in [-0.2, -0.15) is 0 Å². The average molecular weight is 336 g/mol. The second-order valence-corrected chi connectivity index (χ2v) is 7.11. The predicted molar refractivity (Wildman–Crippen MR) is 86.5 cm³/mol. The molecular weight excluding hydrogens is 316 g/mol. The number of furan rings is 1. The van der Waals surface area contributed by atoms with Crippen LogP contribution in [0.25, 0.3) is 0 Å². The lowest BCUT2D eigenvalue weighted by Gasteiger charge is -2.17. The third-order valence-corrected chi connectivity index (χ3v) is 4.65. The third-order valence-electron chi connectivity index (χ3n) is 3.59. The first kappa shape index (κ1) is 17.2. The number of carbonyl (C=O) groups is 1. The molecule has 0 atom stereocenters. The van der Waals surface area contributed by atoms with Crippen LogP contribution in [0.2, 0.25) is 0 Å². The molecular formula is C16H20N2O4S. The Bertz CT molecular complexity index is 836. The second kappa shape index (κ2) is 6.17. The fourth-order valence-corrected chi connectivity index (χ4v) is 3.44. The maximum absolute atomic E-state index is 12.7. The molecule has 2 aromatic rings. The van der Waals surface area contributed by atoms with Gasteiger partial charge in [0.2, 0.25) is 10.0 Å². The monoisotopic (exact) mass is 336 g/mol. The van der Waals surface area contributed by atoms with Gasteiger partial charge in [-0.25, -0.2) is 13.6 Å². The van der Waals surface area contributed by atoms with Crippen molar-refractivity contribution >= 4 is 15.9 Å². The summed E-state index contributed by atoms with van der Waals surface area (Å²) in [4.78, 5) is 13.9. The van der Waals surface area contributed by atoms with Gasteiger partial charge in [0.1, 0.15) is 22.0 Å². The van der Waals surface area contributed by atoms with Crippen LogP contribution in [0.5, 0.6) is 0 Å². The van der Waals surface area contributed by atoms with Crippen LogP contribution in [-0.2, 0) is 16.6 Å². The number of amides is 1. The van der Waals surface area contributed by atoms with Crippen LogP contribution in [-0.4, -0.2) is 26.3 Å². The summed E-state index contributed by atoms with van der Waals surface area (Å²) in [5.74, 6) is -0.0756. The van der Waals surface area contributed by atoms with Gasteiger partial charge in [0.15, 0.2) is 0 Å². The molecule has 6 nitrogen and oxygen atoms in total. The van der Waals surface area contributed by atoms with Crippen molar-refractivity contribution in [3.8, 4) is 0 Å². The van der Waals surface area contributed by atoms with E-state index < -0.39 is 15.9 Å². The number of hydrogen-bond acceptors (Lipinski definition) is 4. The summed E-state index contributed by atoms with van der Waals surface area (Å²) >= 11 is 0. The summed E-state index contributed by atoms with van der Waals surface area (Å²) < 4.78 is 28.8. The van der Waals surface area contributed by atoms with Crippen molar-refractivity contribution in [2.75, 3.05) is 7.05 Å². The summed E-state index contributed by atoms with van der Waals surface area (Å²) in [5.41, 5.74) is 2.07. The lowest BCUT2D eigenvalue weighted by atomic mass is 10.1. The Morgan fingerprint density at radius 3 is 2.22 bits per heavy atom. The van der Waals surface area contributed by atoms with Crippen molar-refractivity contribution in [1.29, 1.82) is 0 Å². The molecule has 0 aliphatic rings. The molecule has 0 radical (unpaired) electrons. The van der Waals surface area contributed by atoms with Gasteiger partial charge in [-0.1, -0.05) is 29.8 Å². The first-order valence-corrected chi connectivity index (χ1v) is 8.59. The number of primary sulfonamides is 1. The molecule has 1 amide bonds. The summed E-state index contributed by atoms with van der Waals surface area (Å²) in [5, 5.41) is 5.22. The van der Waals surface area contributed by atoms with E-state index >= 15 is 0 Å². The number of sulfonamides is 1. The molecule has 0 bridgehead atoms. The van der Waals surface area contributed by atoms with E-state index in [4.69, 9.17) is 9.56 Å². The molecule has 0 saturated heterocycles. The summed E-state index contributed by atoms with van der Waals surface area (Å²) in [7, 11) is -2.43. The maximum Gasteiger partial charge on any atom is 0.258 e. The van der Waals surface area contributed by atoms with Crippen molar-refractivity contribution in [2.24, 2.45) is 5.14 Å². The van der Waals surface area contributed by atoms with E-state index in [1.54, 1.807) is 14.0 Å².